The highest BCUT2D eigenvalue weighted by atomic mass is 16.4. The molecule has 0 spiro atoms. The van der Waals surface area contributed by atoms with Crippen LogP contribution in [0.1, 0.15) is 26.7 Å². The maximum atomic E-state index is 10.3. The number of aliphatic carboxylic acids is 3. The van der Waals surface area contributed by atoms with E-state index in [9.17, 15) is 14.4 Å². The second kappa shape index (κ2) is 11.0. The molecule has 0 aliphatic rings. The maximum absolute atomic E-state index is 10.3. The number of carboxylic acids is 3. The molecule has 0 amide bonds. The van der Waals surface area contributed by atoms with Gasteiger partial charge in [0.1, 0.15) is 0 Å². The molecule has 7 N–H and O–H groups in total. The molecular formula is C12H23NO8. The van der Waals surface area contributed by atoms with Crippen molar-refractivity contribution in [1.29, 1.82) is 0 Å². The number of carbonyl (C=O) groups is 3. The van der Waals surface area contributed by atoms with Crippen LogP contribution in [0.3, 0.4) is 0 Å². The van der Waals surface area contributed by atoms with E-state index in [0.717, 1.165) is 6.42 Å². The molecule has 9 heteroatoms. The minimum atomic E-state index is -2.27. The van der Waals surface area contributed by atoms with E-state index >= 15 is 0 Å². The van der Waals surface area contributed by atoms with Gasteiger partial charge in [0.15, 0.2) is 12.2 Å². The molecule has 0 saturated heterocycles. The Bertz CT molecular complexity index is 326. The van der Waals surface area contributed by atoms with E-state index in [2.05, 4.69) is 13.8 Å². The predicted molar refractivity (Wildman–Crippen MR) is 71.5 cm³/mol. The van der Waals surface area contributed by atoms with Crippen molar-refractivity contribution in [2.45, 2.75) is 38.9 Å². The summed E-state index contributed by atoms with van der Waals surface area (Å²) in [6.07, 6.45) is -3.42. The van der Waals surface area contributed by atoms with Gasteiger partial charge in [-0.15, -0.1) is 0 Å². The number of hydrogen-bond acceptors (Lipinski definition) is 6. The number of aliphatic hydroxyl groups is 2. The van der Waals surface area contributed by atoms with Crippen LogP contribution in [0.5, 0.6) is 0 Å². The van der Waals surface area contributed by atoms with Crippen molar-refractivity contribution >= 4 is 17.9 Å². The van der Waals surface area contributed by atoms with Gasteiger partial charge < -0.3 is 31.3 Å². The molecular weight excluding hydrogens is 286 g/mol. The zero-order valence-electron chi connectivity index (χ0n) is 12.0. The van der Waals surface area contributed by atoms with Crippen LogP contribution in [0, 0.1) is 11.8 Å². The lowest BCUT2D eigenvalue weighted by molar-refractivity contribution is -0.165. The molecule has 0 heterocycles. The summed E-state index contributed by atoms with van der Waals surface area (Å²) in [5.41, 5.74) is 5.41. The Balaban J connectivity index is 0. The summed E-state index contributed by atoms with van der Waals surface area (Å²) in [4.78, 5) is 29.8. The molecule has 0 aromatic carbocycles. The molecule has 3 atom stereocenters. The first-order valence-electron chi connectivity index (χ1n) is 6.26. The lowest BCUT2D eigenvalue weighted by atomic mass is 9.94. The van der Waals surface area contributed by atoms with Crippen molar-refractivity contribution in [1.82, 2.24) is 0 Å². The molecule has 0 saturated carbocycles. The molecule has 9 nitrogen and oxygen atoms in total. The summed E-state index contributed by atoms with van der Waals surface area (Å²) >= 11 is 0. The van der Waals surface area contributed by atoms with E-state index in [1.807, 2.05) is 0 Å². The van der Waals surface area contributed by atoms with Crippen LogP contribution in [0.15, 0.2) is 0 Å². The first-order chi connectivity index (χ1) is 9.52. The molecule has 21 heavy (non-hydrogen) atoms. The predicted octanol–water partition coefficient (Wildman–Crippen LogP) is -1.04. The van der Waals surface area contributed by atoms with Crippen molar-refractivity contribution < 1.29 is 39.9 Å². The van der Waals surface area contributed by atoms with Crippen molar-refractivity contribution in [3.05, 3.63) is 0 Å². The third-order valence-electron chi connectivity index (χ3n) is 2.41. The summed E-state index contributed by atoms with van der Waals surface area (Å²) in [5, 5.41) is 41.0. The normalized spacial score (nSPS) is 14.6. The largest absolute Gasteiger partial charge is 0.481 e. The van der Waals surface area contributed by atoms with Crippen LogP contribution < -0.4 is 5.73 Å². The first kappa shape index (κ1) is 21.6. The average Bonchev–Trinajstić information content (AvgIpc) is 2.35. The Morgan fingerprint density at radius 1 is 0.952 bits per heavy atom. The first-order valence-corrected chi connectivity index (χ1v) is 6.26. The van der Waals surface area contributed by atoms with Gasteiger partial charge in [-0.2, -0.15) is 0 Å². The van der Waals surface area contributed by atoms with Crippen LogP contribution in [-0.4, -0.2) is 62.2 Å². The second-order valence-corrected chi connectivity index (χ2v) is 4.90. The van der Waals surface area contributed by atoms with Crippen LogP contribution >= 0.6 is 0 Å². The van der Waals surface area contributed by atoms with E-state index in [0.29, 0.717) is 12.5 Å². The fourth-order valence-electron chi connectivity index (χ4n) is 1.45. The van der Waals surface area contributed by atoms with E-state index in [1.54, 1.807) is 0 Å². The van der Waals surface area contributed by atoms with Gasteiger partial charge in [-0.1, -0.05) is 13.8 Å². The van der Waals surface area contributed by atoms with Crippen LogP contribution in [0.4, 0.5) is 0 Å². The average molecular weight is 309 g/mol. The Morgan fingerprint density at radius 3 is 1.52 bits per heavy atom. The molecule has 0 aromatic rings. The van der Waals surface area contributed by atoms with E-state index in [-0.39, 0.29) is 12.3 Å². The Labute approximate surface area is 122 Å². The van der Waals surface area contributed by atoms with Crippen molar-refractivity contribution in [2.75, 3.05) is 6.54 Å². The molecule has 0 aliphatic heterocycles. The van der Waals surface area contributed by atoms with Gasteiger partial charge in [0.25, 0.3) is 0 Å². The molecule has 0 fully saturated rings. The van der Waals surface area contributed by atoms with Gasteiger partial charge >= 0.3 is 17.9 Å². The topological polar surface area (TPSA) is 178 Å². The molecule has 124 valence electrons. The summed E-state index contributed by atoms with van der Waals surface area (Å²) in [6, 6.07) is 0. The highest BCUT2D eigenvalue weighted by Crippen LogP contribution is 2.13. The van der Waals surface area contributed by atoms with Crippen molar-refractivity contribution in [3.8, 4) is 0 Å². The summed E-state index contributed by atoms with van der Waals surface area (Å²) in [7, 11) is 0. The van der Waals surface area contributed by atoms with Gasteiger partial charge in [0, 0.05) is 6.42 Å². The third-order valence-corrected chi connectivity index (χ3v) is 2.41. The molecule has 0 aromatic heterocycles. The quantitative estimate of drug-likeness (QED) is 0.326. The zero-order valence-corrected chi connectivity index (χ0v) is 12.0. The number of rotatable bonds is 8. The smallest absolute Gasteiger partial charge is 0.335 e. The SMILES string of the molecule is CC(C)C[C@H](CN)CC(=O)O.O=C(O)[C@H](O)[C@@H](O)C(=O)O. The summed E-state index contributed by atoms with van der Waals surface area (Å²) in [5.74, 6) is -3.61. The minimum Gasteiger partial charge on any atom is -0.481 e. The van der Waals surface area contributed by atoms with Crippen molar-refractivity contribution in [3.63, 3.8) is 0 Å². The number of aliphatic hydroxyl groups excluding tert-OH is 2. The van der Waals surface area contributed by atoms with Gasteiger partial charge in [-0.05, 0) is 24.8 Å². The van der Waals surface area contributed by atoms with E-state index in [1.165, 1.54) is 0 Å². The molecule has 0 rings (SSSR count). The van der Waals surface area contributed by atoms with Crippen LogP contribution in [-0.2, 0) is 14.4 Å². The monoisotopic (exact) mass is 309 g/mol. The van der Waals surface area contributed by atoms with E-state index < -0.39 is 30.1 Å². The number of nitrogens with two attached hydrogens (primary N) is 1. The Morgan fingerprint density at radius 2 is 1.33 bits per heavy atom. The highest BCUT2D eigenvalue weighted by Gasteiger charge is 2.29. The third kappa shape index (κ3) is 11.8. The van der Waals surface area contributed by atoms with Gasteiger partial charge in [-0.3, -0.25) is 4.79 Å². The number of carboxylic acid groups (broad SMARTS) is 3. The lowest BCUT2D eigenvalue weighted by Gasteiger charge is -2.13. The van der Waals surface area contributed by atoms with Gasteiger partial charge in [0.2, 0.25) is 0 Å². The van der Waals surface area contributed by atoms with Crippen molar-refractivity contribution in [2.24, 2.45) is 17.6 Å². The summed E-state index contributed by atoms with van der Waals surface area (Å²) in [6.45, 7) is 4.62. The Hall–Kier alpha value is -1.71. The highest BCUT2D eigenvalue weighted by molar-refractivity contribution is 5.83. The zero-order chi connectivity index (χ0) is 17.2. The van der Waals surface area contributed by atoms with E-state index in [4.69, 9.17) is 31.3 Å². The summed E-state index contributed by atoms with van der Waals surface area (Å²) < 4.78 is 0. The maximum Gasteiger partial charge on any atom is 0.335 e. The fraction of sp³-hybridized carbons (Fsp3) is 0.750. The molecule has 0 bridgehead atoms. The lowest BCUT2D eigenvalue weighted by Crippen LogP contribution is -2.39. The standard InChI is InChI=1S/C8H17NO2.C4H6O6/c1-6(2)3-7(5-9)4-8(10)11;5-1(3(7)8)2(6)4(9)10/h6-7H,3-5,9H2,1-2H3,(H,10,11);1-2,5-6H,(H,7,8)(H,9,10)/t7-;1-,2-/m01/s1. The molecule has 0 radical (unpaired) electrons. The number of hydrogen-bond donors (Lipinski definition) is 6. The Kier molecular flexibility index (Phi) is 11.3. The molecule has 0 aliphatic carbocycles. The fourth-order valence-corrected chi connectivity index (χ4v) is 1.45. The second-order valence-electron chi connectivity index (χ2n) is 4.90. The van der Waals surface area contributed by atoms with Crippen LogP contribution in [0.25, 0.3) is 0 Å². The van der Waals surface area contributed by atoms with Crippen LogP contribution in [0.2, 0.25) is 0 Å². The van der Waals surface area contributed by atoms with Gasteiger partial charge in [-0.25, -0.2) is 9.59 Å². The van der Waals surface area contributed by atoms with Gasteiger partial charge in [0.05, 0.1) is 0 Å². The minimum absolute atomic E-state index is 0.146. The molecule has 0 unspecified atom stereocenters.